The normalized spacial score (nSPS) is 13.4. The molecule has 0 unspecified atom stereocenters. The fourth-order valence-corrected chi connectivity index (χ4v) is 5.22. The van der Waals surface area contributed by atoms with Crippen LogP contribution in [-0.4, -0.2) is 41.5 Å². The number of carbonyl (C=O) groups is 1. The van der Waals surface area contributed by atoms with Crippen LogP contribution in [-0.2, 0) is 15.7 Å². The molecule has 0 radical (unpaired) electrons. The Morgan fingerprint density at radius 1 is 1.08 bits per heavy atom. The van der Waals surface area contributed by atoms with Crippen molar-refractivity contribution in [3.63, 3.8) is 0 Å². The number of anilines is 1. The molecule has 8 nitrogen and oxygen atoms in total. The zero-order valence-electron chi connectivity index (χ0n) is 23.7. The number of nitrogens with two attached hydrogens (primary N) is 1. The highest BCUT2D eigenvalue weighted by atomic mass is 28.4. The van der Waals surface area contributed by atoms with Crippen LogP contribution in [0.5, 0.6) is 5.75 Å². The van der Waals surface area contributed by atoms with Gasteiger partial charge < -0.3 is 29.9 Å². The van der Waals surface area contributed by atoms with Crippen molar-refractivity contribution in [3.05, 3.63) is 70.0 Å². The van der Waals surface area contributed by atoms with E-state index in [1.807, 2.05) is 51.1 Å². The number of benzene rings is 2. The second-order valence-electron chi connectivity index (χ2n) is 12.2. The van der Waals surface area contributed by atoms with Crippen molar-refractivity contribution in [3.8, 4) is 5.75 Å². The number of aromatic amines is 1. The van der Waals surface area contributed by atoms with Crippen LogP contribution in [0, 0.1) is 0 Å². The molecule has 3 aromatic rings. The second-order valence-corrected chi connectivity index (χ2v) is 17.0. The molecule has 1 atom stereocenters. The number of nitrogens with one attached hydrogen (secondary N) is 1. The summed E-state index contributed by atoms with van der Waals surface area (Å²) in [4.78, 5) is 30.0. The van der Waals surface area contributed by atoms with Crippen LogP contribution in [0.2, 0.25) is 18.1 Å². The van der Waals surface area contributed by atoms with E-state index in [0.717, 1.165) is 5.56 Å². The fourth-order valence-electron chi connectivity index (χ4n) is 3.95. The molecule has 2 aromatic carbocycles. The van der Waals surface area contributed by atoms with Crippen LogP contribution in [0.4, 0.5) is 10.5 Å². The average molecular weight is 540 g/mol. The number of H-pyrrole nitrogens is 1. The summed E-state index contributed by atoms with van der Waals surface area (Å²) < 4.78 is 12.7. The van der Waals surface area contributed by atoms with Gasteiger partial charge in [-0.1, -0.05) is 57.2 Å². The number of nitrogens with zero attached hydrogens (tertiary/aromatic N) is 1. The minimum Gasteiger partial charge on any atom is -0.506 e. The molecule has 1 amide bonds. The van der Waals surface area contributed by atoms with Crippen molar-refractivity contribution >= 4 is 31.0 Å². The Morgan fingerprint density at radius 3 is 2.29 bits per heavy atom. The monoisotopic (exact) mass is 539 g/mol. The Hall–Kier alpha value is -3.30. The maximum absolute atomic E-state index is 13.5. The zero-order chi connectivity index (χ0) is 28.5. The summed E-state index contributed by atoms with van der Waals surface area (Å²) in [6.45, 7) is 16.7. The van der Waals surface area contributed by atoms with Crippen LogP contribution in [0.1, 0.15) is 58.8 Å². The number of nitrogen functional groups attached to an aromatic ring is 1. The molecule has 0 fully saturated rings. The van der Waals surface area contributed by atoms with Gasteiger partial charge in [0.15, 0.2) is 8.32 Å². The first kappa shape index (κ1) is 29.3. The van der Waals surface area contributed by atoms with Crippen LogP contribution in [0.15, 0.2) is 53.3 Å². The molecule has 9 heteroatoms. The molecule has 0 saturated heterocycles. The molecule has 0 bridgehead atoms. The summed E-state index contributed by atoms with van der Waals surface area (Å²) in [5.41, 5.74) is 7.33. The van der Waals surface area contributed by atoms with E-state index in [1.165, 1.54) is 12.1 Å². The van der Waals surface area contributed by atoms with E-state index in [0.29, 0.717) is 17.5 Å². The third-order valence-electron chi connectivity index (χ3n) is 6.88. The summed E-state index contributed by atoms with van der Waals surface area (Å²) >= 11 is 0. The Balaban J connectivity index is 2.17. The molecular formula is C29H41N3O5Si. The van der Waals surface area contributed by atoms with Crippen LogP contribution in [0.3, 0.4) is 0 Å². The first-order chi connectivity index (χ1) is 17.5. The minimum atomic E-state index is -2.37. The number of fused-ring (bicyclic) bond motifs is 1. The van der Waals surface area contributed by atoms with E-state index in [1.54, 1.807) is 11.0 Å². The summed E-state index contributed by atoms with van der Waals surface area (Å²) in [7, 11) is -2.37. The highest BCUT2D eigenvalue weighted by Gasteiger charge is 2.41. The molecule has 0 aliphatic rings. The van der Waals surface area contributed by atoms with Crippen LogP contribution < -0.4 is 11.3 Å². The Morgan fingerprint density at radius 2 is 1.71 bits per heavy atom. The lowest BCUT2D eigenvalue weighted by molar-refractivity contribution is 0.0137. The van der Waals surface area contributed by atoms with E-state index >= 15 is 0 Å². The topological polar surface area (TPSA) is 118 Å². The van der Waals surface area contributed by atoms with E-state index in [9.17, 15) is 14.7 Å². The number of aromatic hydroxyl groups is 1. The summed E-state index contributed by atoms with van der Waals surface area (Å²) in [5.74, 6) is -0.0903. The molecule has 3 rings (SSSR count). The lowest BCUT2D eigenvalue weighted by atomic mass is 10.0. The van der Waals surface area contributed by atoms with Gasteiger partial charge in [-0.25, -0.2) is 4.79 Å². The predicted octanol–water partition coefficient (Wildman–Crippen LogP) is 6.32. The number of aromatic nitrogens is 1. The van der Waals surface area contributed by atoms with Crippen molar-refractivity contribution in [2.75, 3.05) is 12.3 Å². The van der Waals surface area contributed by atoms with Crippen molar-refractivity contribution in [2.24, 2.45) is 0 Å². The van der Waals surface area contributed by atoms with E-state index in [4.69, 9.17) is 14.9 Å². The fraction of sp³-hybridized carbons (Fsp3) is 0.448. The molecule has 0 aliphatic heterocycles. The van der Waals surface area contributed by atoms with Crippen molar-refractivity contribution in [2.45, 2.75) is 77.9 Å². The lowest BCUT2D eigenvalue weighted by Gasteiger charge is -2.41. The molecule has 0 aliphatic carbocycles. The summed E-state index contributed by atoms with van der Waals surface area (Å²) in [5, 5.41) is 10.9. The molecule has 1 aromatic heterocycles. The van der Waals surface area contributed by atoms with E-state index in [2.05, 4.69) is 38.8 Å². The molecule has 1 heterocycles. The zero-order valence-corrected chi connectivity index (χ0v) is 24.7. The van der Waals surface area contributed by atoms with Gasteiger partial charge in [-0.3, -0.25) is 4.79 Å². The average Bonchev–Trinajstić information content (AvgIpc) is 2.77. The van der Waals surface area contributed by atoms with Gasteiger partial charge in [0.05, 0.1) is 18.2 Å². The molecule has 206 valence electrons. The minimum absolute atomic E-state index is 0.0903. The standard InChI is InChI=1S/C29H41N3O5Si/c1-28(2,3)36-27(35)32(17-19-12-10-9-11-13-19)18-23(37-38(7,8)29(4,5)6)20-14-15-22(33)26-25(20)21(30)16-24(34)31-26/h9-16,23,33H,17-18H2,1-8H3,(H3,30,31,34)/t23-/m0/s1. The number of rotatable bonds is 7. The van der Waals surface area contributed by atoms with Crippen molar-refractivity contribution < 1.29 is 19.1 Å². The highest BCUT2D eigenvalue weighted by Crippen LogP contribution is 2.42. The summed E-state index contributed by atoms with van der Waals surface area (Å²) in [6, 6.07) is 14.3. The van der Waals surface area contributed by atoms with Crippen LogP contribution >= 0.6 is 0 Å². The van der Waals surface area contributed by atoms with E-state index in [-0.39, 0.29) is 28.5 Å². The van der Waals surface area contributed by atoms with Gasteiger partial charge in [0, 0.05) is 23.7 Å². The number of phenolic OH excluding ortho intramolecular Hbond substituents is 1. The first-order valence-corrected chi connectivity index (χ1v) is 15.7. The highest BCUT2D eigenvalue weighted by molar-refractivity contribution is 6.74. The van der Waals surface area contributed by atoms with Gasteiger partial charge in [-0.15, -0.1) is 0 Å². The number of pyridine rings is 1. The number of phenols is 1. The van der Waals surface area contributed by atoms with E-state index < -0.39 is 31.7 Å². The number of amides is 1. The SMILES string of the molecule is CC(C)(C)OC(=O)N(Cc1ccccc1)C[C@H](O[Si](C)(C)C(C)(C)C)c1ccc(O)c2[nH]c(=O)cc(N)c12. The van der Waals surface area contributed by atoms with Gasteiger partial charge >= 0.3 is 6.09 Å². The molecule has 0 spiro atoms. The molecule has 38 heavy (non-hydrogen) atoms. The van der Waals surface area contributed by atoms with Gasteiger partial charge in [0.1, 0.15) is 11.4 Å². The Kier molecular flexibility index (Phi) is 8.33. The quantitative estimate of drug-likeness (QED) is 0.303. The summed E-state index contributed by atoms with van der Waals surface area (Å²) in [6.07, 6.45) is -1.07. The second kappa shape index (κ2) is 10.8. The Bertz CT molecular complexity index is 1340. The number of hydrogen-bond acceptors (Lipinski definition) is 6. The number of carbonyl (C=O) groups excluding carboxylic acids is 1. The maximum Gasteiger partial charge on any atom is 0.410 e. The first-order valence-electron chi connectivity index (χ1n) is 12.8. The smallest absolute Gasteiger partial charge is 0.410 e. The third-order valence-corrected chi connectivity index (χ3v) is 11.4. The lowest BCUT2D eigenvalue weighted by Crippen LogP contribution is -2.45. The predicted molar refractivity (Wildman–Crippen MR) is 155 cm³/mol. The Labute approximate surface area is 225 Å². The number of ether oxygens (including phenoxy) is 1. The molecular weight excluding hydrogens is 498 g/mol. The van der Waals surface area contributed by atoms with Gasteiger partial charge in [-0.05, 0) is 56.1 Å². The number of hydrogen-bond donors (Lipinski definition) is 3. The third kappa shape index (κ3) is 6.96. The van der Waals surface area contributed by atoms with Gasteiger partial charge in [0.25, 0.3) is 5.56 Å². The molecule has 4 N–H and O–H groups in total. The maximum atomic E-state index is 13.5. The van der Waals surface area contributed by atoms with Gasteiger partial charge in [0.2, 0.25) is 0 Å². The molecule has 0 saturated carbocycles. The largest absolute Gasteiger partial charge is 0.506 e. The van der Waals surface area contributed by atoms with Gasteiger partial charge in [-0.2, -0.15) is 0 Å². The van der Waals surface area contributed by atoms with Crippen molar-refractivity contribution in [1.82, 2.24) is 9.88 Å². The van der Waals surface area contributed by atoms with Crippen molar-refractivity contribution in [1.29, 1.82) is 0 Å². The van der Waals surface area contributed by atoms with Crippen LogP contribution in [0.25, 0.3) is 10.9 Å².